The van der Waals surface area contributed by atoms with Crippen molar-refractivity contribution in [2.24, 2.45) is 5.92 Å². The highest BCUT2D eigenvalue weighted by molar-refractivity contribution is 7.88. The highest BCUT2D eigenvalue weighted by Crippen LogP contribution is 2.28. The van der Waals surface area contributed by atoms with Crippen LogP contribution in [-0.2, 0) is 20.6 Å². The summed E-state index contributed by atoms with van der Waals surface area (Å²) in [6.07, 6.45) is 1.61. The normalized spacial score (nSPS) is 18.6. The lowest BCUT2D eigenvalue weighted by Gasteiger charge is -2.32. The molecule has 1 aromatic rings. The van der Waals surface area contributed by atoms with E-state index in [-0.39, 0.29) is 30.6 Å². The van der Waals surface area contributed by atoms with Crippen LogP contribution in [0.2, 0.25) is 10.0 Å². The Morgan fingerprint density at radius 1 is 1.32 bits per heavy atom. The molecule has 2 N–H and O–H groups in total. The molecule has 6 nitrogen and oxygen atoms in total. The lowest BCUT2D eigenvalue weighted by molar-refractivity contribution is -0.136. The Labute approximate surface area is 163 Å². The lowest BCUT2D eigenvalue weighted by Crippen LogP contribution is -2.43. The molecule has 1 unspecified atom stereocenters. The van der Waals surface area contributed by atoms with Gasteiger partial charge in [0.25, 0.3) is 0 Å². The standard InChI is InChI=1S/C15H20Cl2N2O4S.ClH/c16-13-4-1-5-14(17)12(13)10-24(22,23)19-6-2-3-11(9-19)7-18-8-15(20)21;/h1,4-5,11,18H,2-3,6-10H2,(H,20,21);1H. The van der Waals surface area contributed by atoms with Crippen LogP contribution < -0.4 is 5.32 Å². The number of rotatable bonds is 7. The number of piperidine rings is 1. The third-order valence-electron chi connectivity index (χ3n) is 3.97. The molecule has 1 fully saturated rings. The van der Waals surface area contributed by atoms with Crippen molar-refractivity contribution < 1.29 is 18.3 Å². The van der Waals surface area contributed by atoms with Crippen molar-refractivity contribution in [3.05, 3.63) is 33.8 Å². The van der Waals surface area contributed by atoms with E-state index < -0.39 is 16.0 Å². The third-order valence-corrected chi connectivity index (χ3v) is 6.45. The molecule has 0 aromatic heterocycles. The van der Waals surface area contributed by atoms with Crippen LogP contribution in [0.4, 0.5) is 0 Å². The molecule has 1 heterocycles. The number of benzene rings is 1. The number of halogens is 3. The van der Waals surface area contributed by atoms with Gasteiger partial charge in [-0.3, -0.25) is 4.79 Å². The number of carbonyl (C=O) groups is 1. The van der Waals surface area contributed by atoms with Crippen molar-refractivity contribution in [1.82, 2.24) is 9.62 Å². The second-order valence-corrected chi connectivity index (χ2v) is 8.63. The zero-order valence-electron chi connectivity index (χ0n) is 13.5. The van der Waals surface area contributed by atoms with Crippen molar-refractivity contribution in [3.8, 4) is 0 Å². The molecule has 0 aliphatic carbocycles. The Kier molecular flexibility index (Phi) is 8.94. The van der Waals surface area contributed by atoms with E-state index in [0.717, 1.165) is 12.8 Å². The topological polar surface area (TPSA) is 86.7 Å². The summed E-state index contributed by atoms with van der Waals surface area (Å²) in [6.45, 7) is 1.18. The first-order valence-electron chi connectivity index (χ1n) is 7.63. The van der Waals surface area contributed by atoms with Crippen LogP contribution in [0.5, 0.6) is 0 Å². The molecule has 1 aliphatic heterocycles. The zero-order chi connectivity index (χ0) is 17.7. The Bertz CT molecular complexity index is 680. The molecule has 1 saturated heterocycles. The van der Waals surface area contributed by atoms with E-state index in [0.29, 0.717) is 35.2 Å². The minimum absolute atomic E-state index is 0. The largest absolute Gasteiger partial charge is 0.480 e. The third kappa shape index (κ3) is 6.58. The summed E-state index contributed by atoms with van der Waals surface area (Å²) in [4.78, 5) is 10.5. The molecule has 0 saturated carbocycles. The first kappa shape index (κ1) is 22.5. The molecule has 25 heavy (non-hydrogen) atoms. The molecule has 0 bridgehead atoms. The van der Waals surface area contributed by atoms with Crippen molar-refractivity contribution in [3.63, 3.8) is 0 Å². The van der Waals surface area contributed by atoms with Crippen LogP contribution in [0, 0.1) is 5.92 Å². The second-order valence-electron chi connectivity index (χ2n) is 5.85. The van der Waals surface area contributed by atoms with Crippen LogP contribution in [0.25, 0.3) is 0 Å². The van der Waals surface area contributed by atoms with E-state index in [4.69, 9.17) is 28.3 Å². The van der Waals surface area contributed by atoms with Crippen LogP contribution in [-0.4, -0.2) is 50.0 Å². The van der Waals surface area contributed by atoms with Crippen molar-refractivity contribution in [2.45, 2.75) is 18.6 Å². The summed E-state index contributed by atoms with van der Waals surface area (Å²) < 4.78 is 26.8. The number of nitrogens with zero attached hydrogens (tertiary/aromatic N) is 1. The van der Waals surface area contributed by atoms with Gasteiger partial charge < -0.3 is 10.4 Å². The molecule has 2 rings (SSSR count). The summed E-state index contributed by atoms with van der Waals surface area (Å²) in [5, 5.41) is 12.1. The molecule has 1 atom stereocenters. The van der Waals surface area contributed by atoms with Gasteiger partial charge in [-0.2, -0.15) is 0 Å². The monoisotopic (exact) mass is 430 g/mol. The van der Waals surface area contributed by atoms with Gasteiger partial charge in [0.1, 0.15) is 0 Å². The van der Waals surface area contributed by atoms with E-state index in [1.165, 1.54) is 4.31 Å². The van der Waals surface area contributed by atoms with E-state index in [1.807, 2.05) is 0 Å². The molecule has 0 radical (unpaired) electrons. The van der Waals surface area contributed by atoms with Gasteiger partial charge >= 0.3 is 5.97 Å². The van der Waals surface area contributed by atoms with Gasteiger partial charge in [0, 0.05) is 28.7 Å². The molecule has 10 heteroatoms. The molecule has 1 aromatic carbocycles. The Hall–Kier alpha value is -0.570. The number of sulfonamides is 1. The highest BCUT2D eigenvalue weighted by Gasteiger charge is 2.30. The fourth-order valence-electron chi connectivity index (χ4n) is 2.77. The SMILES string of the molecule is Cl.O=C(O)CNCC1CCCN(S(=O)(=O)Cc2c(Cl)cccc2Cl)C1. The highest BCUT2D eigenvalue weighted by atomic mass is 35.5. The lowest BCUT2D eigenvalue weighted by atomic mass is 10.00. The quantitative estimate of drug-likeness (QED) is 0.693. The van der Waals surface area contributed by atoms with E-state index >= 15 is 0 Å². The summed E-state index contributed by atoms with van der Waals surface area (Å²) in [5.74, 6) is -1.07. The number of aliphatic carboxylic acids is 1. The second kappa shape index (κ2) is 9.94. The van der Waals surface area contributed by atoms with Crippen LogP contribution in [0.3, 0.4) is 0 Å². The fraction of sp³-hybridized carbons (Fsp3) is 0.533. The average molecular weight is 432 g/mol. The summed E-state index contributed by atoms with van der Waals surface area (Å²) >= 11 is 12.1. The number of carboxylic acid groups (broad SMARTS) is 1. The van der Waals surface area contributed by atoms with Crippen LogP contribution >= 0.6 is 35.6 Å². The van der Waals surface area contributed by atoms with Gasteiger partial charge in [-0.25, -0.2) is 12.7 Å². The van der Waals surface area contributed by atoms with Gasteiger partial charge in [-0.1, -0.05) is 29.3 Å². The smallest absolute Gasteiger partial charge is 0.317 e. The van der Waals surface area contributed by atoms with Crippen LogP contribution in [0.1, 0.15) is 18.4 Å². The molecule has 1 aliphatic rings. The Morgan fingerprint density at radius 2 is 1.96 bits per heavy atom. The Morgan fingerprint density at radius 3 is 2.56 bits per heavy atom. The number of nitrogens with one attached hydrogen (secondary N) is 1. The van der Waals surface area contributed by atoms with E-state index in [9.17, 15) is 13.2 Å². The van der Waals surface area contributed by atoms with Gasteiger partial charge in [0.05, 0.1) is 12.3 Å². The molecular formula is C15H21Cl3N2O4S. The number of hydrogen-bond donors (Lipinski definition) is 2. The minimum atomic E-state index is -3.54. The Balaban J connectivity index is 0.00000312. The van der Waals surface area contributed by atoms with Gasteiger partial charge in [0.15, 0.2) is 0 Å². The molecule has 142 valence electrons. The fourth-order valence-corrected chi connectivity index (χ4v) is 5.17. The van der Waals surface area contributed by atoms with Crippen LogP contribution in [0.15, 0.2) is 18.2 Å². The molecular weight excluding hydrogens is 411 g/mol. The van der Waals surface area contributed by atoms with Gasteiger partial charge in [-0.05, 0) is 37.4 Å². The van der Waals surface area contributed by atoms with Gasteiger partial charge in [-0.15, -0.1) is 12.4 Å². The van der Waals surface area contributed by atoms with E-state index in [2.05, 4.69) is 5.32 Å². The summed E-state index contributed by atoms with van der Waals surface area (Å²) in [5.41, 5.74) is 0.409. The maximum Gasteiger partial charge on any atom is 0.317 e. The molecule has 0 amide bonds. The predicted molar refractivity (Wildman–Crippen MR) is 101 cm³/mol. The zero-order valence-corrected chi connectivity index (χ0v) is 16.6. The minimum Gasteiger partial charge on any atom is -0.480 e. The predicted octanol–water partition coefficient (Wildman–Crippen LogP) is 2.63. The van der Waals surface area contributed by atoms with Crippen molar-refractivity contribution in [1.29, 1.82) is 0 Å². The first-order valence-corrected chi connectivity index (χ1v) is 9.99. The summed E-state index contributed by atoms with van der Waals surface area (Å²) in [7, 11) is -3.54. The maximum atomic E-state index is 12.7. The number of hydrogen-bond acceptors (Lipinski definition) is 4. The number of carboxylic acids is 1. The maximum absolute atomic E-state index is 12.7. The summed E-state index contributed by atoms with van der Waals surface area (Å²) in [6, 6.07) is 4.91. The van der Waals surface area contributed by atoms with E-state index in [1.54, 1.807) is 18.2 Å². The molecule has 0 spiro atoms. The van der Waals surface area contributed by atoms with Crippen molar-refractivity contribution in [2.75, 3.05) is 26.2 Å². The van der Waals surface area contributed by atoms with Gasteiger partial charge in [0.2, 0.25) is 10.0 Å². The van der Waals surface area contributed by atoms with Crippen molar-refractivity contribution >= 4 is 51.6 Å². The average Bonchev–Trinajstić information content (AvgIpc) is 2.51. The first-order chi connectivity index (χ1) is 11.3.